The summed E-state index contributed by atoms with van der Waals surface area (Å²) in [6, 6.07) is 4.29. The van der Waals surface area contributed by atoms with Gasteiger partial charge in [-0.25, -0.2) is 9.59 Å². The Morgan fingerprint density at radius 2 is 2.16 bits per heavy atom. The number of nitrogens with one attached hydrogen (secondary N) is 2. The number of benzene rings is 1. The lowest BCUT2D eigenvalue weighted by atomic mass is 10.2. The van der Waals surface area contributed by atoms with E-state index in [1.165, 1.54) is 6.07 Å². The van der Waals surface area contributed by atoms with Crippen LogP contribution in [0.15, 0.2) is 22.7 Å². The Morgan fingerprint density at radius 1 is 1.47 bits per heavy atom. The Hall–Kier alpha value is -1.21. The second-order valence-corrected chi connectivity index (χ2v) is 5.98. The lowest BCUT2D eigenvalue weighted by Gasteiger charge is -2.13. The van der Waals surface area contributed by atoms with Gasteiger partial charge in [-0.3, -0.25) is 0 Å². The summed E-state index contributed by atoms with van der Waals surface area (Å²) < 4.78 is 0.528. The molecule has 5 nitrogen and oxygen atoms in total. The number of carboxylic acid groups (broad SMARTS) is 1. The number of carbonyl (C=O) groups excluding carboxylic acids is 1. The van der Waals surface area contributed by atoms with Gasteiger partial charge in [0.1, 0.15) is 0 Å². The van der Waals surface area contributed by atoms with Crippen molar-refractivity contribution in [1.29, 1.82) is 0 Å². The minimum atomic E-state index is -1.09. The standard InChI is InChI=1S/C12H15BrN2O3S/c1-7(19-2)6-14-12(18)15-10-8(11(16)17)4-3-5-9(10)13/h3-5,7H,6H2,1-2H3,(H,16,17)(H2,14,15,18). The Kier molecular flexibility index (Phi) is 6.17. The molecule has 0 saturated carbocycles. The number of para-hydroxylation sites is 1. The first-order valence-electron chi connectivity index (χ1n) is 5.55. The van der Waals surface area contributed by atoms with Crippen LogP contribution in [0.5, 0.6) is 0 Å². The molecular weight excluding hydrogens is 332 g/mol. The van der Waals surface area contributed by atoms with Crippen molar-refractivity contribution in [3.63, 3.8) is 0 Å². The molecule has 19 heavy (non-hydrogen) atoms. The highest BCUT2D eigenvalue weighted by atomic mass is 79.9. The third kappa shape index (κ3) is 4.76. The van der Waals surface area contributed by atoms with Crippen LogP contribution in [0.3, 0.4) is 0 Å². The van der Waals surface area contributed by atoms with E-state index in [1.54, 1.807) is 23.9 Å². The van der Waals surface area contributed by atoms with E-state index in [-0.39, 0.29) is 11.3 Å². The molecule has 0 saturated heterocycles. The van der Waals surface area contributed by atoms with Crippen LogP contribution in [0.1, 0.15) is 17.3 Å². The quantitative estimate of drug-likeness (QED) is 0.765. The van der Waals surface area contributed by atoms with Crippen molar-refractivity contribution in [3.8, 4) is 0 Å². The Labute approximate surface area is 124 Å². The number of carbonyl (C=O) groups is 2. The number of hydrogen-bond donors (Lipinski definition) is 3. The molecule has 0 aliphatic carbocycles. The smallest absolute Gasteiger partial charge is 0.337 e. The normalized spacial score (nSPS) is 11.7. The maximum Gasteiger partial charge on any atom is 0.337 e. The molecule has 0 heterocycles. The van der Waals surface area contributed by atoms with Gasteiger partial charge >= 0.3 is 12.0 Å². The Morgan fingerprint density at radius 3 is 2.74 bits per heavy atom. The van der Waals surface area contributed by atoms with Crippen LogP contribution >= 0.6 is 27.7 Å². The first kappa shape index (κ1) is 15.8. The van der Waals surface area contributed by atoms with Crippen molar-refractivity contribution in [2.45, 2.75) is 12.2 Å². The number of anilines is 1. The first-order valence-corrected chi connectivity index (χ1v) is 7.63. The largest absolute Gasteiger partial charge is 0.478 e. The lowest BCUT2D eigenvalue weighted by Crippen LogP contribution is -2.33. The molecule has 104 valence electrons. The number of carboxylic acids is 1. The van der Waals surface area contributed by atoms with Crippen LogP contribution in [0.25, 0.3) is 0 Å². The second-order valence-electron chi connectivity index (χ2n) is 3.85. The maximum absolute atomic E-state index is 11.7. The third-order valence-electron chi connectivity index (χ3n) is 2.43. The van der Waals surface area contributed by atoms with Gasteiger partial charge in [0.15, 0.2) is 0 Å². The average molecular weight is 347 g/mol. The summed E-state index contributed by atoms with van der Waals surface area (Å²) in [5.74, 6) is -1.09. The lowest BCUT2D eigenvalue weighted by molar-refractivity contribution is 0.0698. The zero-order valence-corrected chi connectivity index (χ0v) is 13.0. The van der Waals surface area contributed by atoms with Crippen LogP contribution in [-0.2, 0) is 0 Å². The van der Waals surface area contributed by atoms with Crippen LogP contribution in [0.4, 0.5) is 10.5 Å². The molecule has 1 aromatic rings. The van der Waals surface area contributed by atoms with Gasteiger partial charge in [0.25, 0.3) is 0 Å². The molecule has 0 fully saturated rings. The van der Waals surface area contributed by atoms with Gasteiger partial charge in [-0.15, -0.1) is 0 Å². The van der Waals surface area contributed by atoms with E-state index in [4.69, 9.17) is 5.11 Å². The number of thioether (sulfide) groups is 1. The Balaban J connectivity index is 2.76. The maximum atomic E-state index is 11.7. The van der Waals surface area contributed by atoms with E-state index in [0.29, 0.717) is 16.3 Å². The van der Waals surface area contributed by atoms with Crippen molar-refractivity contribution >= 4 is 45.4 Å². The van der Waals surface area contributed by atoms with Crippen LogP contribution in [-0.4, -0.2) is 35.2 Å². The van der Waals surface area contributed by atoms with E-state index < -0.39 is 12.0 Å². The van der Waals surface area contributed by atoms with Gasteiger partial charge in [0, 0.05) is 16.3 Å². The van der Waals surface area contributed by atoms with E-state index in [9.17, 15) is 9.59 Å². The summed E-state index contributed by atoms with van der Waals surface area (Å²) in [6.07, 6.45) is 1.96. The fourth-order valence-corrected chi connectivity index (χ4v) is 2.02. The number of rotatable bonds is 5. The fourth-order valence-electron chi connectivity index (χ4n) is 1.31. The van der Waals surface area contributed by atoms with Gasteiger partial charge < -0.3 is 15.7 Å². The summed E-state index contributed by atoms with van der Waals surface area (Å²) in [5, 5.41) is 14.6. The summed E-state index contributed by atoms with van der Waals surface area (Å²) in [5.41, 5.74) is 0.298. The van der Waals surface area contributed by atoms with Gasteiger partial charge in [-0.1, -0.05) is 13.0 Å². The second kappa shape index (κ2) is 7.40. The fraction of sp³-hybridized carbons (Fsp3) is 0.333. The number of halogens is 1. The molecule has 1 aromatic carbocycles. The molecular formula is C12H15BrN2O3S. The van der Waals surface area contributed by atoms with Crippen molar-refractivity contribution in [2.24, 2.45) is 0 Å². The number of aromatic carboxylic acids is 1. The topological polar surface area (TPSA) is 78.4 Å². The number of urea groups is 1. The average Bonchev–Trinajstić information content (AvgIpc) is 2.38. The van der Waals surface area contributed by atoms with Gasteiger partial charge in [0.05, 0.1) is 11.3 Å². The van der Waals surface area contributed by atoms with Gasteiger partial charge in [0.2, 0.25) is 0 Å². The molecule has 0 aliphatic heterocycles. The highest BCUT2D eigenvalue weighted by molar-refractivity contribution is 9.10. The molecule has 0 radical (unpaired) electrons. The highest BCUT2D eigenvalue weighted by Crippen LogP contribution is 2.26. The van der Waals surface area contributed by atoms with Crippen LogP contribution in [0, 0.1) is 0 Å². The molecule has 0 aromatic heterocycles. The monoisotopic (exact) mass is 346 g/mol. The van der Waals surface area contributed by atoms with E-state index >= 15 is 0 Å². The van der Waals surface area contributed by atoms with E-state index in [1.807, 2.05) is 13.2 Å². The molecule has 2 amide bonds. The molecule has 0 aliphatic rings. The third-order valence-corrected chi connectivity index (χ3v) is 4.07. The Bertz CT molecular complexity index is 482. The van der Waals surface area contributed by atoms with Crippen LogP contribution in [0.2, 0.25) is 0 Å². The minimum absolute atomic E-state index is 0.0439. The van der Waals surface area contributed by atoms with E-state index in [0.717, 1.165) is 0 Å². The predicted octanol–water partition coefficient (Wildman–Crippen LogP) is 3.02. The van der Waals surface area contributed by atoms with Crippen molar-refractivity contribution in [3.05, 3.63) is 28.2 Å². The van der Waals surface area contributed by atoms with Crippen molar-refractivity contribution in [1.82, 2.24) is 5.32 Å². The first-order chi connectivity index (χ1) is 8.95. The van der Waals surface area contributed by atoms with E-state index in [2.05, 4.69) is 26.6 Å². The van der Waals surface area contributed by atoms with Crippen LogP contribution < -0.4 is 10.6 Å². The van der Waals surface area contributed by atoms with Gasteiger partial charge in [-0.2, -0.15) is 11.8 Å². The molecule has 1 rings (SSSR count). The van der Waals surface area contributed by atoms with Gasteiger partial charge in [-0.05, 0) is 34.3 Å². The predicted molar refractivity (Wildman–Crippen MR) is 81.1 cm³/mol. The summed E-state index contributed by atoms with van der Waals surface area (Å²) in [4.78, 5) is 22.8. The molecule has 0 spiro atoms. The summed E-state index contributed by atoms with van der Waals surface area (Å²) >= 11 is 4.87. The SMILES string of the molecule is CSC(C)CNC(=O)Nc1c(Br)cccc1C(=O)O. The molecule has 7 heteroatoms. The van der Waals surface area contributed by atoms with Crippen molar-refractivity contribution < 1.29 is 14.7 Å². The molecule has 1 unspecified atom stereocenters. The molecule has 0 bridgehead atoms. The summed E-state index contributed by atoms with van der Waals surface area (Å²) in [7, 11) is 0. The molecule has 3 N–H and O–H groups in total. The minimum Gasteiger partial charge on any atom is -0.478 e. The molecule has 1 atom stereocenters. The zero-order valence-electron chi connectivity index (χ0n) is 10.6. The van der Waals surface area contributed by atoms with Crippen molar-refractivity contribution in [2.75, 3.05) is 18.1 Å². The number of amides is 2. The summed E-state index contributed by atoms with van der Waals surface area (Å²) in [6.45, 7) is 2.51. The zero-order chi connectivity index (χ0) is 14.4. The number of hydrogen-bond acceptors (Lipinski definition) is 3. The highest BCUT2D eigenvalue weighted by Gasteiger charge is 2.15.